The third-order valence-electron chi connectivity index (χ3n) is 5.58. The molecule has 2 nitrogen and oxygen atoms in total. The predicted molar refractivity (Wildman–Crippen MR) is 85.9 cm³/mol. The largest absolute Gasteiger partial charge is 0.376 e. The van der Waals surface area contributed by atoms with Crippen LogP contribution in [0.5, 0.6) is 0 Å². The smallest absolute Gasteiger partial charge is 0.0731 e. The van der Waals surface area contributed by atoms with Crippen molar-refractivity contribution in [2.75, 3.05) is 6.61 Å². The number of hydrogen-bond acceptors (Lipinski definition) is 2. The first-order valence-electron chi connectivity index (χ1n) is 8.86. The third-order valence-corrected chi connectivity index (χ3v) is 5.58. The highest BCUT2D eigenvalue weighted by Crippen LogP contribution is 2.48. The SMILES string of the molecule is CCCC[C@@H]1C(N(C(C)C)[C@@H](C)[C@@H]2C[C@H](C)CO2)[C@@H]1C. The van der Waals surface area contributed by atoms with E-state index >= 15 is 0 Å². The molecule has 1 unspecified atom stereocenters. The van der Waals surface area contributed by atoms with Crippen LogP contribution in [0, 0.1) is 17.8 Å². The number of rotatable bonds is 7. The van der Waals surface area contributed by atoms with Crippen molar-refractivity contribution in [3.63, 3.8) is 0 Å². The van der Waals surface area contributed by atoms with Crippen molar-refractivity contribution in [3.8, 4) is 0 Å². The standard InChI is InChI=1S/C18H35NO/c1-7-8-9-16-14(5)18(16)19(12(2)3)15(6)17-10-13(4)11-20-17/h12-18H,7-11H2,1-6H3/t13-,14+,15-,16-,17-,18?/m0/s1. The number of nitrogens with zero attached hydrogens (tertiary/aromatic N) is 1. The number of hydrogen-bond donors (Lipinski definition) is 0. The first kappa shape index (κ1) is 16.3. The molecule has 0 N–H and O–H groups in total. The lowest BCUT2D eigenvalue weighted by Gasteiger charge is -2.36. The van der Waals surface area contributed by atoms with Crippen molar-refractivity contribution in [1.29, 1.82) is 0 Å². The average Bonchev–Trinajstić information content (AvgIpc) is 2.82. The van der Waals surface area contributed by atoms with Gasteiger partial charge < -0.3 is 4.74 Å². The van der Waals surface area contributed by atoms with E-state index in [9.17, 15) is 0 Å². The summed E-state index contributed by atoms with van der Waals surface area (Å²) in [6, 6.07) is 2.00. The maximum atomic E-state index is 6.05. The molecule has 1 aliphatic carbocycles. The van der Waals surface area contributed by atoms with Crippen LogP contribution >= 0.6 is 0 Å². The van der Waals surface area contributed by atoms with Crippen LogP contribution in [-0.2, 0) is 4.74 Å². The third kappa shape index (κ3) is 3.39. The fourth-order valence-electron chi connectivity index (χ4n) is 4.32. The van der Waals surface area contributed by atoms with Gasteiger partial charge in [0.05, 0.1) is 6.10 Å². The Hall–Kier alpha value is -0.0800. The minimum atomic E-state index is 0.451. The molecule has 0 bridgehead atoms. The van der Waals surface area contributed by atoms with Crippen molar-refractivity contribution in [1.82, 2.24) is 4.90 Å². The first-order chi connectivity index (χ1) is 9.47. The summed E-state index contributed by atoms with van der Waals surface area (Å²) in [6.45, 7) is 15.1. The Bertz CT molecular complexity index is 304. The molecule has 2 aliphatic rings. The van der Waals surface area contributed by atoms with Gasteiger partial charge in [-0.05, 0) is 51.4 Å². The van der Waals surface area contributed by atoms with Crippen LogP contribution in [0.15, 0.2) is 0 Å². The molecule has 2 rings (SSSR count). The molecule has 118 valence electrons. The summed E-state index contributed by atoms with van der Waals surface area (Å²) in [5.74, 6) is 2.55. The highest BCUT2D eigenvalue weighted by Gasteiger charge is 2.52. The normalized spacial score (nSPS) is 38.7. The molecule has 0 amide bonds. The van der Waals surface area contributed by atoms with Gasteiger partial charge in [0.2, 0.25) is 0 Å². The Balaban J connectivity index is 1.97. The summed E-state index contributed by atoms with van der Waals surface area (Å²) >= 11 is 0. The lowest BCUT2D eigenvalue weighted by molar-refractivity contribution is 0.00965. The minimum Gasteiger partial charge on any atom is -0.376 e. The van der Waals surface area contributed by atoms with E-state index < -0.39 is 0 Å². The second-order valence-electron chi connectivity index (χ2n) is 7.65. The molecule has 2 fully saturated rings. The fourth-order valence-corrected chi connectivity index (χ4v) is 4.32. The number of unbranched alkanes of at least 4 members (excludes halogenated alkanes) is 1. The van der Waals surface area contributed by atoms with Crippen LogP contribution in [-0.4, -0.2) is 35.7 Å². The van der Waals surface area contributed by atoms with E-state index in [1.165, 1.54) is 25.7 Å². The maximum Gasteiger partial charge on any atom is 0.0731 e. The van der Waals surface area contributed by atoms with Crippen molar-refractivity contribution in [3.05, 3.63) is 0 Å². The van der Waals surface area contributed by atoms with Crippen LogP contribution in [0.4, 0.5) is 0 Å². The van der Waals surface area contributed by atoms with Gasteiger partial charge in [-0.1, -0.05) is 33.6 Å². The minimum absolute atomic E-state index is 0.451. The topological polar surface area (TPSA) is 12.5 Å². The molecule has 0 aromatic heterocycles. The first-order valence-corrected chi connectivity index (χ1v) is 8.86. The molecule has 1 heterocycles. The quantitative estimate of drug-likeness (QED) is 0.688. The molecule has 0 radical (unpaired) electrons. The Labute approximate surface area is 126 Å². The fraction of sp³-hybridized carbons (Fsp3) is 1.00. The van der Waals surface area contributed by atoms with E-state index in [2.05, 4.69) is 46.4 Å². The van der Waals surface area contributed by atoms with Crippen molar-refractivity contribution in [2.24, 2.45) is 17.8 Å². The van der Waals surface area contributed by atoms with Gasteiger partial charge in [0, 0.05) is 24.7 Å². The lowest BCUT2D eigenvalue weighted by Crippen LogP contribution is -2.47. The van der Waals surface area contributed by atoms with E-state index in [1.54, 1.807) is 0 Å². The van der Waals surface area contributed by atoms with E-state index in [4.69, 9.17) is 4.74 Å². The Morgan fingerprint density at radius 2 is 1.90 bits per heavy atom. The zero-order valence-corrected chi connectivity index (χ0v) is 14.4. The summed E-state index contributed by atoms with van der Waals surface area (Å²) in [5.41, 5.74) is 0. The maximum absolute atomic E-state index is 6.05. The van der Waals surface area contributed by atoms with E-state index in [0.717, 1.165) is 30.4 Å². The molecule has 20 heavy (non-hydrogen) atoms. The predicted octanol–water partition coefficient (Wildman–Crippen LogP) is 4.34. The Morgan fingerprint density at radius 3 is 2.40 bits per heavy atom. The molecule has 0 aromatic rings. The summed E-state index contributed by atoms with van der Waals surface area (Å²) in [6.07, 6.45) is 5.83. The summed E-state index contributed by atoms with van der Waals surface area (Å²) in [7, 11) is 0. The van der Waals surface area contributed by atoms with Crippen molar-refractivity contribution in [2.45, 2.75) is 91.5 Å². The van der Waals surface area contributed by atoms with Gasteiger partial charge >= 0.3 is 0 Å². The zero-order valence-electron chi connectivity index (χ0n) is 14.4. The van der Waals surface area contributed by atoms with Crippen LogP contribution in [0.25, 0.3) is 0 Å². The summed E-state index contributed by atoms with van der Waals surface area (Å²) < 4.78 is 6.05. The van der Waals surface area contributed by atoms with Gasteiger partial charge in [-0.25, -0.2) is 0 Å². The summed E-state index contributed by atoms with van der Waals surface area (Å²) in [5, 5.41) is 0. The van der Waals surface area contributed by atoms with Crippen molar-refractivity contribution >= 4 is 0 Å². The van der Waals surface area contributed by atoms with E-state index in [0.29, 0.717) is 18.2 Å². The second-order valence-corrected chi connectivity index (χ2v) is 7.65. The molecular formula is C18H35NO. The van der Waals surface area contributed by atoms with Gasteiger partial charge in [0.1, 0.15) is 0 Å². The highest BCUT2D eigenvalue weighted by molar-refractivity contribution is 5.05. The summed E-state index contributed by atoms with van der Waals surface area (Å²) in [4.78, 5) is 2.77. The van der Waals surface area contributed by atoms with E-state index in [1.807, 2.05) is 0 Å². The van der Waals surface area contributed by atoms with Gasteiger partial charge in [0.15, 0.2) is 0 Å². The van der Waals surface area contributed by atoms with E-state index in [-0.39, 0.29) is 0 Å². The average molecular weight is 281 g/mol. The Kier molecular flexibility index (Phi) is 5.53. The van der Waals surface area contributed by atoms with Gasteiger partial charge in [-0.15, -0.1) is 0 Å². The molecule has 1 saturated heterocycles. The highest BCUT2D eigenvalue weighted by atomic mass is 16.5. The molecule has 1 aliphatic heterocycles. The van der Waals surface area contributed by atoms with Crippen LogP contribution in [0.3, 0.4) is 0 Å². The zero-order chi connectivity index (χ0) is 14.9. The second kappa shape index (κ2) is 6.79. The van der Waals surface area contributed by atoms with Crippen molar-refractivity contribution < 1.29 is 4.74 Å². The van der Waals surface area contributed by atoms with Gasteiger partial charge in [-0.3, -0.25) is 4.90 Å². The molecule has 6 atom stereocenters. The molecular weight excluding hydrogens is 246 g/mol. The Morgan fingerprint density at radius 1 is 1.20 bits per heavy atom. The number of ether oxygens (including phenoxy) is 1. The molecule has 0 spiro atoms. The van der Waals surface area contributed by atoms with Gasteiger partial charge in [0.25, 0.3) is 0 Å². The molecule has 1 saturated carbocycles. The molecule has 2 heteroatoms. The van der Waals surface area contributed by atoms with Crippen LogP contribution in [0.1, 0.15) is 67.2 Å². The lowest BCUT2D eigenvalue weighted by atomic mass is 10.0. The monoisotopic (exact) mass is 281 g/mol. The molecule has 0 aromatic carbocycles. The van der Waals surface area contributed by atoms with Crippen LogP contribution in [0.2, 0.25) is 0 Å². The van der Waals surface area contributed by atoms with Gasteiger partial charge in [-0.2, -0.15) is 0 Å². The van der Waals surface area contributed by atoms with Crippen LogP contribution < -0.4 is 0 Å².